The molecule has 4 rings (SSSR count). The first-order chi connectivity index (χ1) is 11.2. The zero-order valence-corrected chi connectivity index (χ0v) is 14.8. The Morgan fingerprint density at radius 2 is 2.00 bits per heavy atom. The maximum absolute atomic E-state index is 12.6. The van der Waals surface area contributed by atoms with E-state index in [1.54, 1.807) is 11.3 Å². The zero-order valence-electron chi connectivity index (χ0n) is 13.1. The largest absolute Gasteiger partial charge is 0.345 e. The average molecular weight is 348 g/mol. The Bertz CT molecular complexity index is 678. The molecule has 0 spiro atoms. The quantitative estimate of drug-likeness (QED) is 0.830. The standard InChI is InChI=1S/C16H20N4OS2/c1-18-11-22-10-13(18)15(21)19-6-8-20(9-7-19)16-17-12-4-2-3-5-14(12)23-16/h2-5,13H,6-11H2,1H3/t13-/m0/s1. The number of hydrogen-bond donors (Lipinski definition) is 0. The first kappa shape index (κ1) is 15.2. The second-order valence-corrected chi connectivity index (χ2v) is 8.06. The molecule has 2 saturated heterocycles. The van der Waals surface area contributed by atoms with Gasteiger partial charge in [-0.2, -0.15) is 0 Å². The minimum Gasteiger partial charge on any atom is -0.345 e. The van der Waals surface area contributed by atoms with Crippen LogP contribution in [-0.4, -0.2) is 71.6 Å². The van der Waals surface area contributed by atoms with Crippen molar-refractivity contribution in [2.75, 3.05) is 49.8 Å². The van der Waals surface area contributed by atoms with Crippen LogP contribution < -0.4 is 4.90 Å². The number of nitrogens with zero attached hydrogens (tertiary/aromatic N) is 4. The number of thioether (sulfide) groups is 1. The SMILES string of the molecule is CN1CSC[C@H]1C(=O)N1CCN(c2nc3ccccc3s2)CC1. The first-order valence-electron chi connectivity index (χ1n) is 7.89. The van der Waals surface area contributed by atoms with Crippen LogP contribution in [0.5, 0.6) is 0 Å². The smallest absolute Gasteiger partial charge is 0.240 e. The molecule has 0 unspecified atom stereocenters. The Labute approximate surface area is 144 Å². The van der Waals surface area contributed by atoms with Gasteiger partial charge in [0.1, 0.15) is 0 Å². The second-order valence-electron chi connectivity index (χ2n) is 6.05. The number of piperazine rings is 1. The molecule has 1 aromatic carbocycles. The van der Waals surface area contributed by atoms with Gasteiger partial charge in [-0.15, -0.1) is 11.8 Å². The van der Waals surface area contributed by atoms with E-state index in [0.717, 1.165) is 48.5 Å². The van der Waals surface area contributed by atoms with Crippen molar-refractivity contribution < 1.29 is 4.79 Å². The van der Waals surface area contributed by atoms with Gasteiger partial charge < -0.3 is 9.80 Å². The van der Waals surface area contributed by atoms with Crippen LogP contribution in [0.25, 0.3) is 10.2 Å². The molecule has 2 aliphatic rings. The lowest BCUT2D eigenvalue weighted by Crippen LogP contribution is -2.53. The molecule has 122 valence electrons. The Hall–Kier alpha value is -1.31. The number of likely N-dealkylation sites (N-methyl/N-ethyl adjacent to an activating group) is 1. The molecule has 1 amide bonds. The molecule has 2 fully saturated rings. The summed E-state index contributed by atoms with van der Waals surface area (Å²) in [6.45, 7) is 3.33. The second kappa shape index (κ2) is 6.30. The topological polar surface area (TPSA) is 39.7 Å². The van der Waals surface area contributed by atoms with Gasteiger partial charge in [0.2, 0.25) is 5.91 Å². The van der Waals surface area contributed by atoms with Crippen molar-refractivity contribution in [1.29, 1.82) is 0 Å². The predicted octanol–water partition coefficient (Wildman–Crippen LogP) is 1.95. The summed E-state index contributed by atoms with van der Waals surface area (Å²) < 4.78 is 1.23. The van der Waals surface area contributed by atoms with E-state index in [2.05, 4.69) is 28.0 Å². The molecule has 2 aromatic rings. The number of thiazole rings is 1. The van der Waals surface area contributed by atoms with Gasteiger partial charge in [0.05, 0.1) is 16.3 Å². The van der Waals surface area contributed by atoms with Crippen molar-refractivity contribution >= 4 is 44.4 Å². The minimum atomic E-state index is 0.0639. The summed E-state index contributed by atoms with van der Waals surface area (Å²) in [5.74, 6) is 2.18. The Morgan fingerprint density at radius 3 is 2.70 bits per heavy atom. The Kier molecular flexibility index (Phi) is 4.17. The molecule has 23 heavy (non-hydrogen) atoms. The van der Waals surface area contributed by atoms with Crippen molar-refractivity contribution in [3.63, 3.8) is 0 Å². The van der Waals surface area contributed by atoms with Gasteiger partial charge in [-0.1, -0.05) is 23.5 Å². The Balaban J connectivity index is 1.41. The summed E-state index contributed by atoms with van der Waals surface area (Å²) in [5.41, 5.74) is 1.07. The normalized spacial score (nSPS) is 22.9. The first-order valence-corrected chi connectivity index (χ1v) is 9.87. The molecule has 0 bridgehead atoms. The molecule has 5 nitrogen and oxygen atoms in total. The fourth-order valence-electron chi connectivity index (χ4n) is 3.11. The monoisotopic (exact) mass is 348 g/mol. The highest BCUT2D eigenvalue weighted by atomic mass is 32.2. The van der Waals surface area contributed by atoms with Crippen LogP contribution in [0.15, 0.2) is 24.3 Å². The molecule has 2 aliphatic heterocycles. The summed E-state index contributed by atoms with van der Waals surface area (Å²) >= 11 is 3.58. The van der Waals surface area contributed by atoms with Gasteiger partial charge >= 0.3 is 0 Å². The molecular formula is C16H20N4OS2. The number of benzene rings is 1. The number of carbonyl (C=O) groups is 1. The third-order valence-electron chi connectivity index (χ3n) is 4.53. The number of fused-ring (bicyclic) bond motifs is 1. The number of anilines is 1. The van der Waals surface area contributed by atoms with E-state index in [0.29, 0.717) is 5.91 Å². The van der Waals surface area contributed by atoms with Crippen LogP contribution in [0.1, 0.15) is 0 Å². The molecule has 7 heteroatoms. The molecular weight excluding hydrogens is 328 g/mol. The molecule has 0 radical (unpaired) electrons. The highest BCUT2D eigenvalue weighted by molar-refractivity contribution is 7.99. The number of hydrogen-bond acceptors (Lipinski definition) is 6. The van der Waals surface area contributed by atoms with Crippen LogP contribution in [0.2, 0.25) is 0 Å². The molecule has 1 aromatic heterocycles. The highest BCUT2D eigenvalue weighted by Crippen LogP contribution is 2.29. The van der Waals surface area contributed by atoms with Crippen LogP contribution in [0.3, 0.4) is 0 Å². The van der Waals surface area contributed by atoms with Crippen molar-refractivity contribution in [2.24, 2.45) is 0 Å². The summed E-state index contributed by atoms with van der Waals surface area (Å²) in [6, 6.07) is 8.32. The van der Waals surface area contributed by atoms with Crippen molar-refractivity contribution in [3.05, 3.63) is 24.3 Å². The van der Waals surface area contributed by atoms with Crippen LogP contribution in [0, 0.1) is 0 Å². The van der Waals surface area contributed by atoms with Gasteiger partial charge in [0.15, 0.2) is 5.13 Å². The Morgan fingerprint density at radius 1 is 1.22 bits per heavy atom. The van der Waals surface area contributed by atoms with Gasteiger partial charge in [0.25, 0.3) is 0 Å². The van der Waals surface area contributed by atoms with Crippen molar-refractivity contribution in [3.8, 4) is 0 Å². The molecule has 1 atom stereocenters. The van der Waals surface area contributed by atoms with E-state index in [1.807, 2.05) is 29.8 Å². The van der Waals surface area contributed by atoms with E-state index in [1.165, 1.54) is 4.70 Å². The summed E-state index contributed by atoms with van der Waals surface area (Å²) in [7, 11) is 2.04. The molecule has 3 heterocycles. The maximum atomic E-state index is 12.6. The van der Waals surface area contributed by atoms with Crippen LogP contribution in [-0.2, 0) is 4.79 Å². The summed E-state index contributed by atoms with van der Waals surface area (Å²) in [5, 5.41) is 1.08. The minimum absolute atomic E-state index is 0.0639. The van der Waals surface area contributed by atoms with Crippen molar-refractivity contribution in [2.45, 2.75) is 6.04 Å². The third kappa shape index (κ3) is 2.93. The van der Waals surface area contributed by atoms with E-state index >= 15 is 0 Å². The van der Waals surface area contributed by atoms with Gasteiger partial charge in [0, 0.05) is 37.8 Å². The summed E-state index contributed by atoms with van der Waals surface area (Å²) in [4.78, 5) is 23.9. The number of carbonyl (C=O) groups excluding carboxylic acids is 1. The van der Waals surface area contributed by atoms with Crippen molar-refractivity contribution in [1.82, 2.24) is 14.8 Å². The fourth-order valence-corrected chi connectivity index (χ4v) is 5.32. The highest BCUT2D eigenvalue weighted by Gasteiger charge is 2.33. The lowest BCUT2D eigenvalue weighted by Gasteiger charge is -2.36. The van der Waals surface area contributed by atoms with Gasteiger partial charge in [-0.25, -0.2) is 4.98 Å². The van der Waals surface area contributed by atoms with E-state index in [-0.39, 0.29) is 6.04 Å². The lowest BCUT2D eigenvalue weighted by molar-refractivity contribution is -0.135. The maximum Gasteiger partial charge on any atom is 0.240 e. The third-order valence-corrected chi connectivity index (χ3v) is 6.77. The number of amides is 1. The molecule has 0 N–H and O–H groups in total. The zero-order chi connectivity index (χ0) is 15.8. The van der Waals surface area contributed by atoms with E-state index < -0.39 is 0 Å². The fraction of sp³-hybridized carbons (Fsp3) is 0.500. The predicted molar refractivity (Wildman–Crippen MR) is 97.3 cm³/mol. The lowest BCUT2D eigenvalue weighted by atomic mass is 10.2. The van der Waals surface area contributed by atoms with Crippen LogP contribution >= 0.6 is 23.1 Å². The molecule has 0 aliphatic carbocycles. The van der Waals surface area contributed by atoms with E-state index in [9.17, 15) is 4.79 Å². The van der Waals surface area contributed by atoms with Crippen LogP contribution in [0.4, 0.5) is 5.13 Å². The number of rotatable bonds is 2. The average Bonchev–Trinajstić information content (AvgIpc) is 3.20. The molecule has 0 saturated carbocycles. The number of aromatic nitrogens is 1. The van der Waals surface area contributed by atoms with Gasteiger partial charge in [-0.3, -0.25) is 9.69 Å². The number of para-hydroxylation sites is 1. The summed E-state index contributed by atoms with van der Waals surface area (Å²) in [6.07, 6.45) is 0. The van der Waals surface area contributed by atoms with E-state index in [4.69, 9.17) is 4.98 Å². The van der Waals surface area contributed by atoms with Gasteiger partial charge in [-0.05, 0) is 19.2 Å².